The van der Waals surface area contributed by atoms with Crippen molar-refractivity contribution in [3.05, 3.63) is 57.9 Å². The molecule has 3 fully saturated rings. The summed E-state index contributed by atoms with van der Waals surface area (Å²) in [6.45, 7) is 1.49. The number of rotatable bonds is 11. The number of halogens is 2. The lowest BCUT2D eigenvalue weighted by molar-refractivity contribution is -0.119. The van der Waals surface area contributed by atoms with Crippen LogP contribution in [0.2, 0.25) is 0 Å². The number of pyridine rings is 2. The largest absolute Gasteiger partial charge is 0.487 e. The topological polar surface area (TPSA) is 193 Å². The number of anilines is 2. The molecule has 2 aromatic heterocycles. The third-order valence-corrected chi connectivity index (χ3v) is 9.18. The van der Waals surface area contributed by atoms with Gasteiger partial charge in [0.05, 0.1) is 24.2 Å². The molecule has 0 radical (unpaired) electrons. The van der Waals surface area contributed by atoms with Gasteiger partial charge in [-0.3, -0.25) is 14.5 Å². The van der Waals surface area contributed by atoms with Crippen molar-refractivity contribution in [2.24, 2.45) is 0 Å². The van der Waals surface area contributed by atoms with Crippen LogP contribution in [0.3, 0.4) is 0 Å². The van der Waals surface area contributed by atoms with Crippen molar-refractivity contribution < 1.29 is 52.1 Å². The van der Waals surface area contributed by atoms with Crippen LogP contribution in [0.5, 0.6) is 5.75 Å². The summed E-state index contributed by atoms with van der Waals surface area (Å²) in [5.41, 5.74) is -2.20. The molecule has 1 aliphatic carbocycles. The van der Waals surface area contributed by atoms with Crippen molar-refractivity contribution in [3.63, 3.8) is 0 Å². The van der Waals surface area contributed by atoms with E-state index in [1.807, 2.05) is 0 Å². The van der Waals surface area contributed by atoms with Gasteiger partial charge in [-0.15, -0.1) is 0 Å². The second kappa shape index (κ2) is 13.2. The summed E-state index contributed by atoms with van der Waals surface area (Å²) in [7, 11) is -3.24. The van der Waals surface area contributed by atoms with Gasteiger partial charge in [-0.1, -0.05) is 0 Å². The van der Waals surface area contributed by atoms with Crippen LogP contribution in [-0.2, 0) is 14.1 Å². The molecule has 0 unspecified atom stereocenters. The monoisotopic (exact) mass is 692 g/mol. The van der Waals surface area contributed by atoms with Crippen LogP contribution in [0.4, 0.5) is 25.1 Å². The maximum absolute atomic E-state index is 15.4. The molecule has 3 aliphatic rings. The lowest BCUT2D eigenvalue weighted by Crippen LogP contribution is -2.49. The molecular formula is C30H33F2N5O10P+. The van der Waals surface area contributed by atoms with Gasteiger partial charge in [0.2, 0.25) is 11.3 Å². The Kier molecular flexibility index (Phi) is 9.22. The first kappa shape index (κ1) is 33.5. The van der Waals surface area contributed by atoms with E-state index in [9.17, 15) is 34.1 Å². The molecule has 15 nitrogen and oxygen atoms in total. The average molecular weight is 693 g/mol. The molecule has 2 saturated heterocycles. The SMILES string of the molecule is CC(=O)NC[C@H]1CN(c2ccc(OCC3(O[PH+](O)O)CCN(c4nc5c(cc4F)c(=O)c(C(=O)O)cn5C4CC4)CC3)c(F)c2)C(=O)O1. The summed E-state index contributed by atoms with van der Waals surface area (Å²) >= 11 is 0. The van der Waals surface area contributed by atoms with E-state index in [4.69, 9.17) is 14.0 Å². The predicted molar refractivity (Wildman–Crippen MR) is 167 cm³/mol. The van der Waals surface area contributed by atoms with Gasteiger partial charge >= 0.3 is 20.7 Å². The van der Waals surface area contributed by atoms with Crippen LogP contribution in [-0.4, -0.2) is 86.9 Å². The summed E-state index contributed by atoms with van der Waals surface area (Å²) in [6.07, 6.45) is 1.66. The molecule has 48 heavy (non-hydrogen) atoms. The third-order valence-electron chi connectivity index (χ3n) is 8.56. The summed E-state index contributed by atoms with van der Waals surface area (Å²) < 4.78 is 48.7. The molecule has 0 spiro atoms. The van der Waals surface area contributed by atoms with E-state index in [0.29, 0.717) is 0 Å². The van der Waals surface area contributed by atoms with Crippen LogP contribution < -0.4 is 25.3 Å². The fraction of sp³-hybridized carbons (Fsp3) is 0.433. The van der Waals surface area contributed by atoms with Gasteiger partial charge < -0.3 is 29.4 Å². The smallest absolute Gasteiger partial charge is 0.414 e. The van der Waals surface area contributed by atoms with Gasteiger partial charge in [-0.25, -0.2) is 23.4 Å². The minimum atomic E-state index is -3.24. The number of aromatic carboxylic acids is 1. The molecule has 4 N–H and O–H groups in total. The number of aromatic nitrogens is 2. The number of benzene rings is 1. The number of hydrogen-bond donors (Lipinski definition) is 4. The van der Waals surface area contributed by atoms with E-state index in [2.05, 4.69) is 10.3 Å². The maximum atomic E-state index is 15.4. The van der Waals surface area contributed by atoms with E-state index < -0.39 is 55.0 Å². The molecule has 0 bridgehead atoms. The molecule has 3 aromatic rings. The van der Waals surface area contributed by atoms with Crippen molar-refractivity contribution in [1.29, 1.82) is 0 Å². The van der Waals surface area contributed by atoms with Crippen molar-refractivity contribution in [2.45, 2.75) is 50.4 Å². The van der Waals surface area contributed by atoms with Crippen molar-refractivity contribution in [2.75, 3.05) is 42.6 Å². The number of carbonyl (C=O) groups is 3. The van der Waals surface area contributed by atoms with Gasteiger partial charge in [0.25, 0.3) is 0 Å². The van der Waals surface area contributed by atoms with Gasteiger partial charge in [-0.05, 0) is 31.0 Å². The molecule has 18 heteroatoms. The number of piperidine rings is 1. The lowest BCUT2D eigenvalue weighted by Gasteiger charge is -2.39. The van der Waals surface area contributed by atoms with E-state index in [0.717, 1.165) is 25.0 Å². The summed E-state index contributed by atoms with van der Waals surface area (Å²) in [5, 5.41) is 11.9. The van der Waals surface area contributed by atoms with Crippen molar-refractivity contribution in [3.8, 4) is 5.75 Å². The molecule has 1 saturated carbocycles. The standard InChI is InChI=1S/C30H32F2N5O10P/c1-16(38)33-12-19-13-37(29(42)46-19)18-4-5-24(22(31)10-18)45-15-30(47-48(43)44)6-8-35(9-7-30)27-23(32)11-20-25(39)21(28(40)41)14-36(17-2-3-17)26(20)34-27/h4-5,10-11,14,17,19,43-44,48H,2-3,6-9,12-13,15H2,1H3,(H-,33,38,40,41)/p+1/t19-/m0/s1. The number of nitrogens with zero attached hydrogens (tertiary/aromatic N) is 4. The Morgan fingerprint density at radius 2 is 1.88 bits per heavy atom. The Morgan fingerprint density at radius 1 is 1.15 bits per heavy atom. The second-order valence-electron chi connectivity index (χ2n) is 12.0. The lowest BCUT2D eigenvalue weighted by atomic mass is 9.92. The number of nitrogens with one attached hydrogen (secondary N) is 1. The zero-order valence-corrected chi connectivity index (χ0v) is 26.6. The molecule has 1 aromatic carbocycles. The van der Waals surface area contributed by atoms with Crippen molar-refractivity contribution in [1.82, 2.24) is 14.9 Å². The Morgan fingerprint density at radius 3 is 2.50 bits per heavy atom. The van der Waals surface area contributed by atoms with Gasteiger partial charge in [0, 0.05) is 51.2 Å². The van der Waals surface area contributed by atoms with E-state index in [1.54, 1.807) is 9.47 Å². The van der Waals surface area contributed by atoms with Crippen molar-refractivity contribution >= 4 is 49.1 Å². The third kappa shape index (κ3) is 6.90. The first-order valence-corrected chi connectivity index (χ1v) is 16.5. The van der Waals surface area contributed by atoms with Crippen LogP contribution >= 0.6 is 8.60 Å². The molecule has 2 amide bonds. The molecule has 4 heterocycles. The highest BCUT2D eigenvalue weighted by atomic mass is 31.2. The van der Waals surface area contributed by atoms with Crippen LogP contribution in [0.15, 0.2) is 35.3 Å². The first-order valence-electron chi connectivity index (χ1n) is 15.2. The summed E-state index contributed by atoms with van der Waals surface area (Å²) in [4.78, 5) is 74.8. The Bertz CT molecular complexity index is 1830. The zero-order valence-electron chi connectivity index (χ0n) is 25.6. The molecular weight excluding hydrogens is 659 g/mol. The van der Waals surface area contributed by atoms with Gasteiger partial charge in [0.15, 0.2) is 28.8 Å². The Balaban J connectivity index is 1.16. The average Bonchev–Trinajstić information content (AvgIpc) is 3.80. The number of carboxylic acid groups (broad SMARTS) is 1. The van der Waals surface area contributed by atoms with Crippen LogP contribution in [0.1, 0.15) is 49.0 Å². The van der Waals surface area contributed by atoms with Gasteiger partial charge in [-0.2, -0.15) is 14.3 Å². The highest BCUT2D eigenvalue weighted by Gasteiger charge is 2.43. The fourth-order valence-corrected chi connectivity index (χ4v) is 6.57. The number of fused-ring (bicyclic) bond motifs is 1. The van der Waals surface area contributed by atoms with E-state index in [1.165, 1.54) is 30.2 Å². The van der Waals surface area contributed by atoms with E-state index >= 15 is 8.78 Å². The highest BCUT2D eigenvalue weighted by Crippen LogP contribution is 2.41. The zero-order chi connectivity index (χ0) is 34.3. The minimum absolute atomic E-state index is 0.0585. The van der Waals surface area contributed by atoms with Gasteiger partial charge in [0.1, 0.15) is 23.9 Å². The quantitative estimate of drug-likeness (QED) is 0.215. The predicted octanol–water partition coefficient (Wildman–Crippen LogP) is 2.55. The van der Waals surface area contributed by atoms with E-state index in [-0.39, 0.29) is 85.9 Å². The molecule has 2 aliphatic heterocycles. The summed E-state index contributed by atoms with van der Waals surface area (Å²) in [6, 6.07) is 4.80. The number of carbonyl (C=O) groups excluding carboxylic acids is 2. The first-order chi connectivity index (χ1) is 22.8. The number of hydrogen-bond acceptors (Lipinski definition) is 11. The number of amides is 2. The summed E-state index contributed by atoms with van der Waals surface area (Å²) in [5.74, 6) is -3.56. The fourth-order valence-electron chi connectivity index (χ4n) is 5.92. The highest BCUT2D eigenvalue weighted by molar-refractivity contribution is 7.39. The number of carboxylic acids is 1. The number of ether oxygens (including phenoxy) is 2. The second-order valence-corrected chi connectivity index (χ2v) is 12.8. The Labute approximate surface area is 272 Å². The Hall–Kier alpha value is -4.44. The molecule has 256 valence electrons. The minimum Gasteiger partial charge on any atom is -0.487 e. The molecule has 1 atom stereocenters. The molecule has 6 rings (SSSR count). The normalized spacial score (nSPS) is 19.1. The maximum Gasteiger partial charge on any atom is 0.414 e. The number of cyclic esters (lactones) is 1. The van der Waals surface area contributed by atoms with Crippen LogP contribution in [0.25, 0.3) is 11.0 Å². The van der Waals surface area contributed by atoms with Crippen LogP contribution in [0, 0.1) is 11.6 Å².